The Bertz CT molecular complexity index is 290. The minimum Gasteiger partial charge on any atom is -0.377 e. The fourth-order valence-corrected chi connectivity index (χ4v) is 2.88. The third kappa shape index (κ3) is 4.16. The first-order chi connectivity index (χ1) is 9.18. The Morgan fingerprint density at radius 3 is 2.74 bits per heavy atom. The van der Waals surface area contributed by atoms with E-state index in [1.807, 2.05) is 18.7 Å². The van der Waals surface area contributed by atoms with E-state index in [1.165, 1.54) is 0 Å². The first kappa shape index (κ1) is 14.8. The third-order valence-electron chi connectivity index (χ3n) is 3.91. The molecule has 1 amide bonds. The summed E-state index contributed by atoms with van der Waals surface area (Å²) in [5, 5.41) is 3.29. The standard InChI is InChI=1S/C14H27N3O2/c1-12(2)19-11-10-16-7-3-4-13(16)14(18)17-8-5-15-6-9-17/h12-13,15H,3-11H2,1-2H3. The molecule has 2 rings (SSSR count). The average Bonchev–Trinajstić information content (AvgIpc) is 2.87. The molecule has 0 aliphatic carbocycles. The number of hydrogen-bond acceptors (Lipinski definition) is 4. The van der Waals surface area contributed by atoms with Crippen molar-refractivity contribution in [1.82, 2.24) is 15.1 Å². The van der Waals surface area contributed by atoms with E-state index in [-0.39, 0.29) is 12.1 Å². The Labute approximate surface area is 116 Å². The van der Waals surface area contributed by atoms with Crippen LogP contribution in [-0.2, 0) is 9.53 Å². The van der Waals surface area contributed by atoms with Crippen LogP contribution in [0.4, 0.5) is 0 Å². The Hall–Kier alpha value is -0.650. The van der Waals surface area contributed by atoms with Crippen LogP contribution in [0, 0.1) is 0 Å². The number of rotatable bonds is 5. The van der Waals surface area contributed by atoms with Gasteiger partial charge in [0.25, 0.3) is 0 Å². The SMILES string of the molecule is CC(C)OCCN1CCCC1C(=O)N1CCNCC1. The predicted molar refractivity (Wildman–Crippen MR) is 75.1 cm³/mol. The molecule has 2 heterocycles. The summed E-state index contributed by atoms with van der Waals surface area (Å²) in [6.45, 7) is 10.3. The lowest BCUT2D eigenvalue weighted by Gasteiger charge is -2.33. The molecule has 5 nitrogen and oxygen atoms in total. The van der Waals surface area contributed by atoms with Crippen molar-refractivity contribution in [3.63, 3.8) is 0 Å². The molecule has 1 unspecified atom stereocenters. The molecule has 0 aromatic carbocycles. The monoisotopic (exact) mass is 269 g/mol. The maximum Gasteiger partial charge on any atom is 0.240 e. The van der Waals surface area contributed by atoms with Gasteiger partial charge in [-0.25, -0.2) is 0 Å². The lowest BCUT2D eigenvalue weighted by atomic mass is 10.1. The molecule has 0 radical (unpaired) electrons. The van der Waals surface area contributed by atoms with Crippen molar-refractivity contribution in [2.45, 2.75) is 38.8 Å². The van der Waals surface area contributed by atoms with Gasteiger partial charge in [0, 0.05) is 32.7 Å². The molecule has 2 aliphatic rings. The molecule has 0 saturated carbocycles. The van der Waals surface area contributed by atoms with Crippen molar-refractivity contribution < 1.29 is 9.53 Å². The fourth-order valence-electron chi connectivity index (χ4n) is 2.88. The highest BCUT2D eigenvalue weighted by molar-refractivity contribution is 5.82. The van der Waals surface area contributed by atoms with Gasteiger partial charge in [-0.15, -0.1) is 0 Å². The number of piperazine rings is 1. The van der Waals surface area contributed by atoms with Crippen LogP contribution in [0.5, 0.6) is 0 Å². The molecule has 1 atom stereocenters. The zero-order valence-electron chi connectivity index (χ0n) is 12.2. The fraction of sp³-hybridized carbons (Fsp3) is 0.929. The lowest BCUT2D eigenvalue weighted by molar-refractivity contribution is -0.136. The summed E-state index contributed by atoms with van der Waals surface area (Å²) < 4.78 is 5.60. The number of hydrogen-bond donors (Lipinski definition) is 1. The second kappa shape index (κ2) is 7.22. The van der Waals surface area contributed by atoms with E-state index in [0.717, 1.165) is 58.7 Å². The largest absolute Gasteiger partial charge is 0.377 e. The quantitative estimate of drug-likeness (QED) is 0.780. The first-order valence-electron chi connectivity index (χ1n) is 7.53. The third-order valence-corrected chi connectivity index (χ3v) is 3.91. The van der Waals surface area contributed by atoms with E-state index < -0.39 is 0 Å². The van der Waals surface area contributed by atoms with Gasteiger partial charge in [0.05, 0.1) is 18.8 Å². The van der Waals surface area contributed by atoms with Crippen LogP contribution in [-0.4, -0.2) is 73.7 Å². The van der Waals surface area contributed by atoms with E-state index in [0.29, 0.717) is 5.91 Å². The van der Waals surface area contributed by atoms with Crippen molar-refractivity contribution in [3.05, 3.63) is 0 Å². The molecule has 2 aliphatic heterocycles. The zero-order chi connectivity index (χ0) is 13.7. The topological polar surface area (TPSA) is 44.8 Å². The van der Waals surface area contributed by atoms with Crippen LogP contribution >= 0.6 is 0 Å². The van der Waals surface area contributed by atoms with Gasteiger partial charge in [0.2, 0.25) is 5.91 Å². The van der Waals surface area contributed by atoms with Gasteiger partial charge in [0.15, 0.2) is 0 Å². The summed E-state index contributed by atoms with van der Waals surface area (Å²) >= 11 is 0. The average molecular weight is 269 g/mol. The van der Waals surface area contributed by atoms with Crippen LogP contribution in [0.1, 0.15) is 26.7 Å². The molecule has 0 bridgehead atoms. The Morgan fingerprint density at radius 2 is 2.05 bits per heavy atom. The smallest absolute Gasteiger partial charge is 0.240 e. The number of carbonyl (C=O) groups excluding carboxylic acids is 1. The molecule has 0 aromatic rings. The van der Waals surface area contributed by atoms with Gasteiger partial charge in [0.1, 0.15) is 0 Å². The van der Waals surface area contributed by atoms with Gasteiger partial charge in [-0.05, 0) is 33.2 Å². The van der Waals surface area contributed by atoms with Gasteiger partial charge in [-0.3, -0.25) is 9.69 Å². The van der Waals surface area contributed by atoms with Crippen molar-refractivity contribution in [1.29, 1.82) is 0 Å². The lowest BCUT2D eigenvalue weighted by Crippen LogP contribution is -2.52. The molecule has 0 spiro atoms. The van der Waals surface area contributed by atoms with Crippen LogP contribution in [0.15, 0.2) is 0 Å². The number of ether oxygens (including phenoxy) is 1. The number of nitrogens with one attached hydrogen (secondary N) is 1. The number of amides is 1. The zero-order valence-corrected chi connectivity index (χ0v) is 12.2. The molecule has 2 fully saturated rings. The highest BCUT2D eigenvalue weighted by Crippen LogP contribution is 2.19. The van der Waals surface area contributed by atoms with E-state index in [4.69, 9.17) is 4.74 Å². The van der Waals surface area contributed by atoms with E-state index >= 15 is 0 Å². The van der Waals surface area contributed by atoms with E-state index in [9.17, 15) is 4.79 Å². The Morgan fingerprint density at radius 1 is 1.32 bits per heavy atom. The molecule has 5 heteroatoms. The van der Waals surface area contributed by atoms with Gasteiger partial charge in [-0.2, -0.15) is 0 Å². The molecule has 2 saturated heterocycles. The van der Waals surface area contributed by atoms with Crippen LogP contribution in [0.25, 0.3) is 0 Å². The molecule has 0 aromatic heterocycles. The van der Waals surface area contributed by atoms with E-state index in [1.54, 1.807) is 0 Å². The number of carbonyl (C=O) groups is 1. The molecular formula is C14H27N3O2. The maximum atomic E-state index is 12.5. The maximum absolute atomic E-state index is 12.5. The second-order valence-electron chi connectivity index (χ2n) is 5.69. The van der Waals surface area contributed by atoms with Crippen LogP contribution in [0.3, 0.4) is 0 Å². The van der Waals surface area contributed by atoms with Crippen molar-refractivity contribution in [3.8, 4) is 0 Å². The van der Waals surface area contributed by atoms with Crippen molar-refractivity contribution >= 4 is 5.91 Å². The number of nitrogens with zero attached hydrogens (tertiary/aromatic N) is 2. The normalized spacial score (nSPS) is 25.2. The summed E-state index contributed by atoms with van der Waals surface area (Å²) in [5.41, 5.74) is 0. The minimum absolute atomic E-state index is 0.0915. The summed E-state index contributed by atoms with van der Waals surface area (Å²) in [4.78, 5) is 16.8. The highest BCUT2D eigenvalue weighted by atomic mass is 16.5. The second-order valence-corrected chi connectivity index (χ2v) is 5.69. The summed E-state index contributed by atoms with van der Waals surface area (Å²) in [5.74, 6) is 0.323. The van der Waals surface area contributed by atoms with Crippen molar-refractivity contribution in [2.24, 2.45) is 0 Å². The van der Waals surface area contributed by atoms with Gasteiger partial charge in [-0.1, -0.05) is 0 Å². The molecule has 1 N–H and O–H groups in total. The molecule has 19 heavy (non-hydrogen) atoms. The van der Waals surface area contributed by atoms with Crippen LogP contribution < -0.4 is 5.32 Å². The predicted octanol–water partition coefficient (Wildman–Crippen LogP) is 0.308. The van der Waals surface area contributed by atoms with Gasteiger partial charge >= 0.3 is 0 Å². The molecule has 110 valence electrons. The Balaban J connectivity index is 1.81. The number of likely N-dealkylation sites (tertiary alicyclic amines) is 1. The van der Waals surface area contributed by atoms with Crippen LogP contribution in [0.2, 0.25) is 0 Å². The Kier molecular flexibility index (Phi) is 5.60. The minimum atomic E-state index is 0.0915. The first-order valence-corrected chi connectivity index (χ1v) is 7.53. The summed E-state index contributed by atoms with van der Waals surface area (Å²) in [6, 6.07) is 0.0915. The molecular weight excluding hydrogens is 242 g/mol. The summed E-state index contributed by atoms with van der Waals surface area (Å²) in [6.07, 6.45) is 2.40. The van der Waals surface area contributed by atoms with Gasteiger partial charge < -0.3 is 15.0 Å². The highest BCUT2D eigenvalue weighted by Gasteiger charge is 2.33. The van der Waals surface area contributed by atoms with Crippen molar-refractivity contribution in [2.75, 3.05) is 45.9 Å². The summed E-state index contributed by atoms with van der Waals surface area (Å²) in [7, 11) is 0. The van der Waals surface area contributed by atoms with E-state index in [2.05, 4.69) is 10.2 Å².